The van der Waals surface area contributed by atoms with Gasteiger partial charge in [0.15, 0.2) is 0 Å². The molecule has 2 aliphatic rings. The molecule has 0 spiro atoms. The van der Waals surface area contributed by atoms with Gasteiger partial charge in [-0.25, -0.2) is 0 Å². The smallest absolute Gasteiger partial charge is 0.142 e. The van der Waals surface area contributed by atoms with E-state index in [4.69, 9.17) is 9.47 Å². The van der Waals surface area contributed by atoms with E-state index in [0.717, 1.165) is 19.3 Å². The summed E-state index contributed by atoms with van der Waals surface area (Å²) >= 11 is 0. The Morgan fingerprint density at radius 3 is 2.41 bits per heavy atom. The summed E-state index contributed by atoms with van der Waals surface area (Å²) in [4.78, 5) is 12.3. The Labute approximate surface area is 104 Å². The van der Waals surface area contributed by atoms with Crippen molar-refractivity contribution in [3.8, 4) is 0 Å². The largest absolute Gasteiger partial charge is 0.382 e. The van der Waals surface area contributed by atoms with Gasteiger partial charge in [0, 0.05) is 24.4 Å². The molecule has 0 aromatic rings. The van der Waals surface area contributed by atoms with Gasteiger partial charge >= 0.3 is 0 Å². The van der Waals surface area contributed by atoms with Crippen molar-refractivity contribution in [2.75, 3.05) is 20.3 Å². The average molecular weight is 240 g/mol. The van der Waals surface area contributed by atoms with Crippen LogP contribution in [0.3, 0.4) is 0 Å². The minimum absolute atomic E-state index is 0.0421. The summed E-state index contributed by atoms with van der Waals surface area (Å²) in [6.07, 6.45) is 3.54. The maximum absolute atomic E-state index is 12.3. The van der Waals surface area contributed by atoms with E-state index in [1.165, 1.54) is 0 Å². The molecule has 2 aliphatic carbocycles. The Balaban J connectivity index is 2.23. The minimum atomic E-state index is -0.237. The quantitative estimate of drug-likeness (QED) is 0.693. The van der Waals surface area contributed by atoms with Crippen molar-refractivity contribution in [2.24, 2.45) is 10.8 Å². The molecule has 3 nitrogen and oxygen atoms in total. The van der Waals surface area contributed by atoms with Gasteiger partial charge in [-0.05, 0) is 19.3 Å². The fourth-order valence-corrected chi connectivity index (χ4v) is 4.14. The van der Waals surface area contributed by atoms with E-state index in [2.05, 4.69) is 20.8 Å². The highest BCUT2D eigenvalue weighted by molar-refractivity contribution is 5.91. The molecule has 0 heterocycles. The third kappa shape index (κ3) is 1.45. The predicted molar refractivity (Wildman–Crippen MR) is 65.9 cm³/mol. The number of ketones is 1. The van der Waals surface area contributed by atoms with Crippen molar-refractivity contribution in [3.05, 3.63) is 0 Å². The number of hydrogen-bond donors (Lipinski definition) is 0. The first-order valence-corrected chi connectivity index (χ1v) is 6.62. The van der Waals surface area contributed by atoms with E-state index in [0.29, 0.717) is 25.4 Å². The molecule has 2 bridgehead atoms. The number of hydrogen-bond acceptors (Lipinski definition) is 3. The predicted octanol–water partition coefficient (Wildman–Crippen LogP) is 2.58. The minimum Gasteiger partial charge on any atom is -0.382 e. The molecule has 0 radical (unpaired) electrons. The molecule has 0 amide bonds. The van der Waals surface area contributed by atoms with Gasteiger partial charge < -0.3 is 9.47 Å². The van der Waals surface area contributed by atoms with Gasteiger partial charge in [-0.1, -0.05) is 20.8 Å². The standard InChI is InChI=1S/C14H24O3/c1-5-13-6-7-14(10-11(13)15,12(13,2)3)17-9-8-16-4/h5-10H2,1-4H3. The van der Waals surface area contributed by atoms with Crippen molar-refractivity contribution in [2.45, 2.75) is 52.1 Å². The van der Waals surface area contributed by atoms with Crippen LogP contribution in [0, 0.1) is 10.8 Å². The van der Waals surface area contributed by atoms with Gasteiger partial charge in [0.05, 0.1) is 18.8 Å². The summed E-state index contributed by atoms with van der Waals surface area (Å²) < 4.78 is 11.1. The monoisotopic (exact) mass is 240 g/mol. The van der Waals surface area contributed by atoms with Gasteiger partial charge in [0.1, 0.15) is 5.78 Å². The van der Waals surface area contributed by atoms with Gasteiger partial charge in [-0.3, -0.25) is 4.79 Å². The summed E-state index contributed by atoms with van der Waals surface area (Å²) in [5, 5.41) is 0. The molecule has 2 unspecified atom stereocenters. The number of carbonyl (C=O) groups is 1. The molecule has 0 saturated heterocycles. The lowest BCUT2D eigenvalue weighted by molar-refractivity contribution is -0.130. The van der Waals surface area contributed by atoms with E-state index in [1.54, 1.807) is 7.11 Å². The van der Waals surface area contributed by atoms with Crippen LogP contribution in [0.25, 0.3) is 0 Å². The highest BCUT2D eigenvalue weighted by Gasteiger charge is 2.71. The SMILES string of the molecule is CCC12CCC(OCCOC)(CC1=O)C2(C)C. The second-order valence-electron chi connectivity index (χ2n) is 6.00. The zero-order valence-electron chi connectivity index (χ0n) is 11.5. The first-order chi connectivity index (χ1) is 7.96. The van der Waals surface area contributed by atoms with E-state index >= 15 is 0 Å². The van der Waals surface area contributed by atoms with Crippen LogP contribution >= 0.6 is 0 Å². The number of ether oxygens (including phenoxy) is 2. The van der Waals surface area contributed by atoms with Crippen LogP contribution < -0.4 is 0 Å². The lowest BCUT2D eigenvalue weighted by atomic mass is 9.66. The first kappa shape index (κ1) is 13.0. The summed E-state index contributed by atoms with van der Waals surface area (Å²) in [6.45, 7) is 7.75. The molecule has 98 valence electrons. The first-order valence-electron chi connectivity index (χ1n) is 6.62. The van der Waals surface area contributed by atoms with Crippen LogP contribution in [0.5, 0.6) is 0 Å². The van der Waals surface area contributed by atoms with Crippen LogP contribution in [0.15, 0.2) is 0 Å². The summed E-state index contributed by atoms with van der Waals surface area (Å²) in [7, 11) is 1.68. The summed E-state index contributed by atoms with van der Waals surface area (Å²) in [5.74, 6) is 0.411. The molecule has 2 atom stereocenters. The van der Waals surface area contributed by atoms with Crippen molar-refractivity contribution in [1.29, 1.82) is 0 Å². The van der Waals surface area contributed by atoms with Crippen LogP contribution in [0.1, 0.15) is 46.5 Å². The molecule has 3 heteroatoms. The van der Waals surface area contributed by atoms with Crippen LogP contribution in [0.4, 0.5) is 0 Å². The molecule has 2 fully saturated rings. The number of fused-ring (bicyclic) bond motifs is 2. The normalized spacial score (nSPS) is 38.9. The molecule has 0 aromatic carbocycles. The molecular weight excluding hydrogens is 216 g/mol. The lowest BCUT2D eigenvalue weighted by Crippen LogP contribution is -2.43. The second-order valence-corrected chi connectivity index (χ2v) is 6.00. The lowest BCUT2D eigenvalue weighted by Gasteiger charge is -2.40. The van der Waals surface area contributed by atoms with Crippen LogP contribution in [0.2, 0.25) is 0 Å². The zero-order chi connectivity index (χ0) is 12.7. The fourth-order valence-electron chi connectivity index (χ4n) is 4.14. The van der Waals surface area contributed by atoms with Gasteiger partial charge in [-0.2, -0.15) is 0 Å². The molecule has 2 saturated carbocycles. The Bertz CT molecular complexity index is 323. The molecule has 0 aliphatic heterocycles. The average Bonchev–Trinajstić information content (AvgIpc) is 2.59. The number of Topliss-reactive ketones (excluding diaryl/α,β-unsaturated/α-hetero) is 1. The molecule has 2 rings (SSSR count). The van der Waals surface area contributed by atoms with Crippen molar-refractivity contribution in [3.63, 3.8) is 0 Å². The summed E-state index contributed by atoms with van der Waals surface area (Å²) in [5.41, 5.74) is -0.418. The molecule has 0 aromatic heterocycles. The van der Waals surface area contributed by atoms with E-state index in [9.17, 15) is 4.79 Å². The topological polar surface area (TPSA) is 35.5 Å². The van der Waals surface area contributed by atoms with Crippen molar-refractivity contribution >= 4 is 5.78 Å². The third-order valence-electron chi connectivity index (χ3n) is 5.54. The maximum Gasteiger partial charge on any atom is 0.142 e. The molecule has 17 heavy (non-hydrogen) atoms. The van der Waals surface area contributed by atoms with E-state index < -0.39 is 0 Å². The Morgan fingerprint density at radius 2 is 1.94 bits per heavy atom. The Morgan fingerprint density at radius 1 is 1.24 bits per heavy atom. The van der Waals surface area contributed by atoms with Gasteiger partial charge in [0.2, 0.25) is 0 Å². The second kappa shape index (κ2) is 4.06. The summed E-state index contributed by atoms with van der Waals surface area (Å²) in [6, 6.07) is 0. The van der Waals surface area contributed by atoms with E-state index in [1.807, 2.05) is 0 Å². The number of rotatable bonds is 5. The van der Waals surface area contributed by atoms with E-state index in [-0.39, 0.29) is 16.4 Å². The van der Waals surface area contributed by atoms with Gasteiger partial charge in [0.25, 0.3) is 0 Å². The Kier molecular flexibility index (Phi) is 3.11. The van der Waals surface area contributed by atoms with Crippen molar-refractivity contribution < 1.29 is 14.3 Å². The van der Waals surface area contributed by atoms with Gasteiger partial charge in [-0.15, -0.1) is 0 Å². The highest BCUT2D eigenvalue weighted by Crippen LogP contribution is 2.68. The maximum atomic E-state index is 12.3. The number of carbonyl (C=O) groups excluding carboxylic acids is 1. The zero-order valence-corrected chi connectivity index (χ0v) is 11.5. The fraction of sp³-hybridized carbons (Fsp3) is 0.929. The third-order valence-corrected chi connectivity index (χ3v) is 5.54. The highest BCUT2D eigenvalue weighted by atomic mass is 16.5. The van der Waals surface area contributed by atoms with Crippen LogP contribution in [-0.2, 0) is 14.3 Å². The van der Waals surface area contributed by atoms with Crippen molar-refractivity contribution in [1.82, 2.24) is 0 Å². The van der Waals surface area contributed by atoms with Crippen LogP contribution in [-0.4, -0.2) is 31.7 Å². The molecular formula is C14H24O3. The Hall–Kier alpha value is -0.410. The number of methoxy groups -OCH3 is 1. The molecule has 0 N–H and O–H groups in total.